The van der Waals surface area contributed by atoms with Gasteiger partial charge in [-0.05, 0) is 61.2 Å². The highest BCUT2D eigenvalue weighted by molar-refractivity contribution is 9.10. The van der Waals surface area contributed by atoms with Gasteiger partial charge in [0, 0.05) is 15.6 Å². The first-order chi connectivity index (χ1) is 12.7. The summed E-state index contributed by atoms with van der Waals surface area (Å²) in [4.78, 5) is 4.44. The third-order valence-corrected chi connectivity index (χ3v) is 5.64. The van der Waals surface area contributed by atoms with Gasteiger partial charge in [-0.15, -0.1) is 0 Å². The van der Waals surface area contributed by atoms with Crippen molar-refractivity contribution >= 4 is 15.9 Å². The van der Waals surface area contributed by atoms with Crippen LogP contribution in [0.3, 0.4) is 0 Å². The minimum atomic E-state index is 0.0371. The molecular formula is C21H21BrN2O2. The number of benzene rings is 2. The Balaban J connectivity index is 1.46. The second kappa shape index (κ2) is 7.25. The van der Waals surface area contributed by atoms with Crippen LogP contribution in [0.5, 0.6) is 5.75 Å². The molecule has 0 unspecified atom stereocenters. The third kappa shape index (κ3) is 3.41. The van der Waals surface area contributed by atoms with Crippen LogP contribution in [-0.2, 0) is 12.1 Å². The summed E-state index contributed by atoms with van der Waals surface area (Å²) in [7, 11) is 1.66. The van der Waals surface area contributed by atoms with Crippen molar-refractivity contribution in [2.24, 2.45) is 0 Å². The van der Waals surface area contributed by atoms with Crippen LogP contribution in [0.4, 0.5) is 0 Å². The fourth-order valence-corrected chi connectivity index (χ4v) is 3.66. The van der Waals surface area contributed by atoms with Crippen LogP contribution in [0, 0.1) is 0 Å². The Labute approximate surface area is 161 Å². The Kier molecular flexibility index (Phi) is 4.83. The first kappa shape index (κ1) is 17.3. The summed E-state index contributed by atoms with van der Waals surface area (Å²) >= 11 is 3.51. The predicted octanol–water partition coefficient (Wildman–Crippen LogP) is 5.28. The summed E-state index contributed by atoms with van der Waals surface area (Å²) in [5.74, 6) is 2.31. The molecule has 2 aromatic carbocycles. The first-order valence-electron chi connectivity index (χ1n) is 8.79. The summed E-state index contributed by atoms with van der Waals surface area (Å²) in [6.07, 6.45) is 5.30. The van der Waals surface area contributed by atoms with Gasteiger partial charge in [-0.3, -0.25) is 5.32 Å². The Bertz CT molecular complexity index is 868. The summed E-state index contributed by atoms with van der Waals surface area (Å²) in [6, 6.07) is 16.4. The fourth-order valence-electron chi connectivity index (χ4n) is 3.39. The lowest BCUT2D eigenvalue weighted by Gasteiger charge is -2.43. The highest BCUT2D eigenvalue weighted by Crippen LogP contribution is 2.41. The van der Waals surface area contributed by atoms with Gasteiger partial charge in [0.1, 0.15) is 5.75 Å². The van der Waals surface area contributed by atoms with E-state index in [0.29, 0.717) is 12.4 Å². The van der Waals surface area contributed by atoms with Gasteiger partial charge in [0.2, 0.25) is 5.89 Å². The van der Waals surface area contributed by atoms with Crippen molar-refractivity contribution in [1.29, 1.82) is 0 Å². The van der Waals surface area contributed by atoms with Gasteiger partial charge in [-0.25, -0.2) is 4.98 Å². The van der Waals surface area contributed by atoms with Crippen molar-refractivity contribution in [2.45, 2.75) is 31.3 Å². The molecule has 1 N–H and O–H groups in total. The molecule has 134 valence electrons. The zero-order valence-electron chi connectivity index (χ0n) is 14.7. The van der Waals surface area contributed by atoms with Crippen LogP contribution in [0.2, 0.25) is 0 Å². The normalized spacial score (nSPS) is 15.5. The molecule has 1 aromatic heterocycles. The van der Waals surface area contributed by atoms with Crippen LogP contribution in [-0.4, -0.2) is 12.1 Å². The van der Waals surface area contributed by atoms with E-state index < -0.39 is 0 Å². The maximum Gasteiger partial charge on any atom is 0.208 e. The molecule has 0 spiro atoms. The molecule has 1 heterocycles. The lowest BCUT2D eigenvalue weighted by Crippen LogP contribution is -2.47. The van der Waals surface area contributed by atoms with Crippen molar-refractivity contribution in [2.75, 3.05) is 7.11 Å². The molecule has 1 saturated carbocycles. The van der Waals surface area contributed by atoms with Gasteiger partial charge in [0.15, 0.2) is 5.76 Å². The lowest BCUT2D eigenvalue weighted by atomic mass is 9.72. The summed E-state index contributed by atoms with van der Waals surface area (Å²) in [5.41, 5.74) is 2.36. The highest BCUT2D eigenvalue weighted by atomic mass is 79.9. The molecule has 0 saturated heterocycles. The van der Waals surface area contributed by atoms with Crippen LogP contribution < -0.4 is 10.1 Å². The van der Waals surface area contributed by atoms with E-state index in [0.717, 1.165) is 34.4 Å². The van der Waals surface area contributed by atoms with Gasteiger partial charge >= 0.3 is 0 Å². The summed E-state index contributed by atoms with van der Waals surface area (Å²) < 4.78 is 12.2. The minimum Gasteiger partial charge on any atom is -0.497 e. The molecule has 1 aliphatic carbocycles. The van der Waals surface area contributed by atoms with Gasteiger partial charge < -0.3 is 9.15 Å². The smallest absolute Gasteiger partial charge is 0.208 e. The van der Waals surface area contributed by atoms with E-state index in [1.165, 1.54) is 12.0 Å². The SMILES string of the molecule is COc1ccc(-c2cnc(CNC3(c4ccc(Br)cc4)CCC3)o2)cc1. The largest absolute Gasteiger partial charge is 0.497 e. The van der Waals surface area contributed by atoms with Crippen molar-refractivity contribution in [3.05, 3.63) is 70.7 Å². The van der Waals surface area contributed by atoms with E-state index in [9.17, 15) is 0 Å². The maximum atomic E-state index is 5.94. The number of aromatic nitrogens is 1. The summed E-state index contributed by atoms with van der Waals surface area (Å²) in [5, 5.41) is 3.68. The third-order valence-electron chi connectivity index (χ3n) is 5.11. The molecule has 0 radical (unpaired) electrons. The molecule has 3 aromatic rings. The number of rotatable bonds is 6. The van der Waals surface area contributed by atoms with Crippen LogP contribution in [0.1, 0.15) is 30.7 Å². The Morgan fingerprint density at radius 2 is 1.85 bits per heavy atom. The first-order valence-corrected chi connectivity index (χ1v) is 9.58. The Hall–Kier alpha value is -2.11. The number of oxazole rings is 1. The van der Waals surface area contributed by atoms with Crippen molar-refractivity contribution in [3.8, 4) is 17.1 Å². The molecule has 26 heavy (non-hydrogen) atoms. The van der Waals surface area contributed by atoms with Crippen molar-refractivity contribution in [1.82, 2.24) is 10.3 Å². The number of hydrogen-bond acceptors (Lipinski definition) is 4. The zero-order valence-corrected chi connectivity index (χ0v) is 16.3. The maximum absolute atomic E-state index is 5.94. The number of halogens is 1. The molecule has 0 atom stereocenters. The van der Waals surface area contributed by atoms with Gasteiger partial charge in [0.05, 0.1) is 19.9 Å². The molecule has 4 nitrogen and oxygen atoms in total. The van der Waals surface area contributed by atoms with E-state index in [1.807, 2.05) is 24.3 Å². The van der Waals surface area contributed by atoms with E-state index in [4.69, 9.17) is 9.15 Å². The average Bonchev–Trinajstić information content (AvgIpc) is 3.11. The molecule has 5 heteroatoms. The topological polar surface area (TPSA) is 47.3 Å². The van der Waals surface area contributed by atoms with Crippen LogP contribution in [0.15, 0.2) is 63.6 Å². The van der Waals surface area contributed by atoms with Crippen molar-refractivity contribution < 1.29 is 9.15 Å². The van der Waals surface area contributed by atoms with Crippen LogP contribution >= 0.6 is 15.9 Å². The highest BCUT2D eigenvalue weighted by Gasteiger charge is 2.38. The second-order valence-corrected chi connectivity index (χ2v) is 7.56. The Morgan fingerprint density at radius 3 is 2.46 bits per heavy atom. The number of nitrogens with one attached hydrogen (secondary N) is 1. The van der Waals surface area contributed by atoms with Gasteiger partial charge in [-0.2, -0.15) is 0 Å². The second-order valence-electron chi connectivity index (χ2n) is 6.64. The molecule has 0 aliphatic heterocycles. The number of nitrogens with zero attached hydrogens (tertiary/aromatic N) is 1. The van der Waals surface area contributed by atoms with Crippen molar-refractivity contribution in [3.63, 3.8) is 0 Å². The average molecular weight is 413 g/mol. The van der Waals surface area contributed by atoms with Crippen LogP contribution in [0.25, 0.3) is 11.3 Å². The molecule has 1 fully saturated rings. The number of hydrogen-bond donors (Lipinski definition) is 1. The standard InChI is InChI=1S/C21H21BrN2O2/c1-25-18-9-3-15(4-10-18)19-13-23-20(26-19)14-24-21(11-2-12-21)16-5-7-17(22)8-6-16/h3-10,13,24H,2,11-12,14H2,1H3. The minimum absolute atomic E-state index is 0.0371. The molecular weight excluding hydrogens is 392 g/mol. The molecule has 0 amide bonds. The van der Waals surface area contributed by atoms with E-state index in [1.54, 1.807) is 13.3 Å². The van der Waals surface area contributed by atoms with Gasteiger partial charge in [-0.1, -0.05) is 28.1 Å². The van der Waals surface area contributed by atoms with Gasteiger partial charge in [0.25, 0.3) is 0 Å². The lowest BCUT2D eigenvalue weighted by molar-refractivity contribution is 0.177. The van der Waals surface area contributed by atoms with E-state index in [-0.39, 0.29) is 5.54 Å². The molecule has 4 rings (SSSR count). The quantitative estimate of drug-likeness (QED) is 0.597. The molecule has 0 bridgehead atoms. The number of methoxy groups -OCH3 is 1. The predicted molar refractivity (Wildman–Crippen MR) is 105 cm³/mol. The fraction of sp³-hybridized carbons (Fsp3) is 0.286. The molecule has 1 aliphatic rings. The van der Waals surface area contributed by atoms with E-state index in [2.05, 4.69) is 50.5 Å². The number of ether oxygens (including phenoxy) is 1. The zero-order chi connectivity index (χ0) is 18.0. The summed E-state index contributed by atoms with van der Waals surface area (Å²) in [6.45, 7) is 0.617. The van der Waals surface area contributed by atoms with E-state index >= 15 is 0 Å². The monoisotopic (exact) mass is 412 g/mol. The Morgan fingerprint density at radius 1 is 1.12 bits per heavy atom.